The summed E-state index contributed by atoms with van der Waals surface area (Å²) in [6, 6.07) is -0.968. The van der Waals surface area contributed by atoms with Crippen molar-refractivity contribution in [2.45, 2.75) is 105 Å². The average Bonchev–Trinajstić information content (AvgIpc) is 3.17. The minimum absolute atomic E-state index is 0.0849. The standard InChI is InChI=1S/C24H39ClF3N5O3S/c1-31(23(34)15-10-17(11-15)37(2,35)36)22(24(26,27)28)14-5-7-16(8-6-14)32-9-3-4-18-19(32)13-29-21-12-20(25)30-33(18)21/h14-22,29-30H,3-13H2,1-2H3/t14?,15?,16?,17?,18?,19?,20?,21?,22-/m0/s1. The lowest BCUT2D eigenvalue weighted by molar-refractivity contribution is -0.203. The highest BCUT2D eigenvalue weighted by atomic mass is 35.5. The molecule has 0 aromatic carbocycles. The van der Waals surface area contributed by atoms with E-state index in [9.17, 15) is 26.4 Å². The summed E-state index contributed by atoms with van der Waals surface area (Å²) in [7, 11) is -2.03. The lowest BCUT2D eigenvalue weighted by Crippen LogP contribution is -2.70. The summed E-state index contributed by atoms with van der Waals surface area (Å²) in [6.07, 6.45) is 2.20. The molecule has 5 rings (SSSR count). The molecule has 2 aliphatic carbocycles. The summed E-state index contributed by atoms with van der Waals surface area (Å²) in [6.45, 7) is 1.81. The molecule has 2 saturated carbocycles. The largest absolute Gasteiger partial charge is 0.409 e. The van der Waals surface area contributed by atoms with E-state index in [4.69, 9.17) is 11.6 Å². The van der Waals surface area contributed by atoms with Crippen LogP contribution in [0.2, 0.25) is 0 Å². The number of halogens is 4. The summed E-state index contributed by atoms with van der Waals surface area (Å²) in [5, 5.41) is 5.23. The van der Waals surface area contributed by atoms with Crippen LogP contribution in [0.3, 0.4) is 0 Å². The number of amides is 1. The zero-order chi connectivity index (χ0) is 26.7. The van der Waals surface area contributed by atoms with Gasteiger partial charge in [-0.25, -0.2) is 18.9 Å². The highest BCUT2D eigenvalue weighted by Gasteiger charge is 2.53. The van der Waals surface area contributed by atoms with E-state index in [-0.39, 0.29) is 30.6 Å². The number of carbonyl (C=O) groups excluding carboxylic acids is 1. The number of nitrogens with one attached hydrogen (secondary N) is 2. The zero-order valence-electron chi connectivity index (χ0n) is 21.5. The molecule has 5 atom stereocenters. The van der Waals surface area contributed by atoms with E-state index in [0.29, 0.717) is 37.8 Å². The molecule has 4 unspecified atom stereocenters. The maximum absolute atomic E-state index is 14.3. The van der Waals surface area contributed by atoms with Gasteiger partial charge >= 0.3 is 6.18 Å². The Morgan fingerprint density at radius 3 is 2.38 bits per heavy atom. The van der Waals surface area contributed by atoms with E-state index in [0.717, 1.165) is 43.5 Å². The molecule has 1 amide bonds. The second-order valence-corrected chi connectivity index (χ2v) is 14.7. The summed E-state index contributed by atoms with van der Waals surface area (Å²) in [5.41, 5.74) is 3.30. The lowest BCUT2D eigenvalue weighted by Gasteiger charge is -2.53. The monoisotopic (exact) mass is 569 g/mol. The van der Waals surface area contributed by atoms with E-state index in [2.05, 4.69) is 20.7 Å². The minimum Gasteiger partial charge on any atom is -0.333 e. The van der Waals surface area contributed by atoms with Gasteiger partial charge in [-0.1, -0.05) is 0 Å². The van der Waals surface area contributed by atoms with Crippen molar-refractivity contribution < 1.29 is 26.4 Å². The summed E-state index contributed by atoms with van der Waals surface area (Å²) < 4.78 is 66.2. The molecule has 5 aliphatic rings. The number of likely N-dealkylation sites (tertiary alicyclic amines) is 1. The number of rotatable bonds is 5. The number of hydrogen-bond donors (Lipinski definition) is 2. The number of alkyl halides is 4. The number of piperidine rings is 1. The Bertz CT molecular complexity index is 958. The van der Waals surface area contributed by atoms with Gasteiger partial charge in [-0.2, -0.15) is 13.2 Å². The van der Waals surface area contributed by atoms with Crippen molar-refractivity contribution in [3.63, 3.8) is 0 Å². The summed E-state index contributed by atoms with van der Waals surface area (Å²) in [4.78, 5) is 16.3. The van der Waals surface area contributed by atoms with E-state index < -0.39 is 45.0 Å². The maximum Gasteiger partial charge on any atom is 0.409 e. The fraction of sp³-hybridized carbons (Fsp3) is 0.958. The number of fused-ring (bicyclic) bond motifs is 3. The molecule has 0 radical (unpaired) electrons. The van der Waals surface area contributed by atoms with Gasteiger partial charge in [-0.05, 0) is 63.8 Å². The number of sulfone groups is 1. The first-order valence-electron chi connectivity index (χ1n) is 13.5. The van der Waals surface area contributed by atoms with E-state index >= 15 is 0 Å². The molecule has 0 bridgehead atoms. The topological polar surface area (TPSA) is 85.0 Å². The predicted molar refractivity (Wildman–Crippen MR) is 134 cm³/mol. The second-order valence-electron chi connectivity index (χ2n) is 11.8. The van der Waals surface area contributed by atoms with Gasteiger partial charge in [-0.3, -0.25) is 15.0 Å². The first-order valence-corrected chi connectivity index (χ1v) is 15.9. The van der Waals surface area contributed by atoms with Crippen molar-refractivity contribution >= 4 is 27.3 Å². The van der Waals surface area contributed by atoms with Gasteiger partial charge in [-0.15, -0.1) is 11.6 Å². The normalized spacial score (nSPS) is 40.4. The van der Waals surface area contributed by atoms with Crippen molar-refractivity contribution in [1.82, 2.24) is 25.6 Å². The Kier molecular flexibility index (Phi) is 7.83. The number of nitrogens with zero attached hydrogens (tertiary/aromatic N) is 3. The fourth-order valence-electron chi connectivity index (χ4n) is 7.57. The van der Waals surface area contributed by atoms with Crippen LogP contribution in [0.15, 0.2) is 0 Å². The van der Waals surface area contributed by atoms with Gasteiger partial charge < -0.3 is 4.90 Å². The number of hydrazine groups is 1. The first kappa shape index (κ1) is 27.9. The smallest absolute Gasteiger partial charge is 0.333 e. The molecule has 2 N–H and O–H groups in total. The van der Waals surface area contributed by atoms with Crippen LogP contribution < -0.4 is 10.7 Å². The average molecular weight is 570 g/mol. The van der Waals surface area contributed by atoms with E-state index in [1.807, 2.05) is 0 Å². The Morgan fingerprint density at radius 2 is 1.76 bits per heavy atom. The van der Waals surface area contributed by atoms with E-state index in [1.165, 1.54) is 7.05 Å². The highest BCUT2D eigenvalue weighted by Crippen LogP contribution is 2.42. The van der Waals surface area contributed by atoms with E-state index in [1.54, 1.807) is 0 Å². The van der Waals surface area contributed by atoms with Crippen molar-refractivity contribution in [3.05, 3.63) is 0 Å². The van der Waals surface area contributed by atoms with Crippen LogP contribution in [0.25, 0.3) is 0 Å². The Morgan fingerprint density at radius 1 is 1.08 bits per heavy atom. The molecular formula is C24H39ClF3N5O3S. The third-order valence-corrected chi connectivity index (χ3v) is 11.4. The molecular weight excluding hydrogens is 531 g/mol. The fourth-order valence-corrected chi connectivity index (χ4v) is 9.01. The van der Waals surface area contributed by atoms with Crippen LogP contribution in [0.1, 0.15) is 57.8 Å². The minimum atomic E-state index is -4.53. The van der Waals surface area contributed by atoms with Crippen molar-refractivity contribution in [2.75, 3.05) is 26.4 Å². The molecule has 3 saturated heterocycles. The van der Waals surface area contributed by atoms with Crippen molar-refractivity contribution in [3.8, 4) is 0 Å². The van der Waals surface area contributed by atoms with Gasteiger partial charge in [0.15, 0.2) is 0 Å². The number of carbonyl (C=O) groups is 1. The summed E-state index contributed by atoms with van der Waals surface area (Å²) >= 11 is 6.34. The first-order chi connectivity index (χ1) is 17.3. The maximum atomic E-state index is 14.3. The van der Waals surface area contributed by atoms with Crippen LogP contribution in [-0.2, 0) is 14.6 Å². The predicted octanol–water partition coefficient (Wildman–Crippen LogP) is 2.30. The molecule has 0 spiro atoms. The Labute approximate surface area is 222 Å². The molecule has 5 fully saturated rings. The molecule has 37 heavy (non-hydrogen) atoms. The van der Waals surface area contributed by atoms with Crippen LogP contribution in [0.4, 0.5) is 13.2 Å². The molecule has 8 nitrogen and oxygen atoms in total. The Balaban J connectivity index is 1.21. The molecule has 3 heterocycles. The van der Waals surface area contributed by atoms with Crippen LogP contribution >= 0.6 is 11.6 Å². The summed E-state index contributed by atoms with van der Waals surface area (Å²) in [5.74, 6) is -1.88. The zero-order valence-corrected chi connectivity index (χ0v) is 23.0. The number of hydrogen-bond acceptors (Lipinski definition) is 7. The van der Waals surface area contributed by atoms with Gasteiger partial charge in [0.25, 0.3) is 0 Å². The quantitative estimate of drug-likeness (QED) is 0.388. The Hall–Kier alpha value is -0.660. The second kappa shape index (κ2) is 10.4. The molecule has 13 heteroatoms. The molecule has 212 valence electrons. The van der Waals surface area contributed by atoms with Crippen LogP contribution in [-0.4, -0.2) is 103 Å². The highest BCUT2D eigenvalue weighted by molar-refractivity contribution is 7.91. The molecule has 3 aliphatic heterocycles. The van der Waals surface area contributed by atoms with Gasteiger partial charge in [0, 0.05) is 50.3 Å². The third kappa shape index (κ3) is 5.52. The van der Waals surface area contributed by atoms with Crippen LogP contribution in [0.5, 0.6) is 0 Å². The molecule has 0 aromatic rings. The van der Waals surface area contributed by atoms with Crippen molar-refractivity contribution in [2.24, 2.45) is 11.8 Å². The SMILES string of the molecule is CN(C(=O)C1CC(S(C)(=O)=O)C1)[C@@H](C1CCC(N2CCCC3C2CNC2CC(Cl)NN23)CC1)C(F)(F)F. The van der Waals surface area contributed by atoms with Crippen LogP contribution in [0, 0.1) is 11.8 Å². The van der Waals surface area contributed by atoms with Gasteiger partial charge in [0.05, 0.1) is 16.9 Å². The van der Waals surface area contributed by atoms with Crippen molar-refractivity contribution in [1.29, 1.82) is 0 Å². The van der Waals surface area contributed by atoms with Gasteiger partial charge in [0.2, 0.25) is 5.91 Å². The molecule has 0 aromatic heterocycles. The third-order valence-electron chi connectivity index (χ3n) is 9.57. The lowest BCUT2D eigenvalue weighted by atomic mass is 9.77. The van der Waals surface area contributed by atoms with Gasteiger partial charge in [0.1, 0.15) is 15.9 Å².